The summed E-state index contributed by atoms with van der Waals surface area (Å²) in [4.78, 5) is 20.3. The smallest absolute Gasteiger partial charge is 0.265 e. The average Bonchev–Trinajstić information content (AvgIpc) is 3.16. The highest BCUT2D eigenvalue weighted by Gasteiger charge is 2.18. The van der Waals surface area contributed by atoms with Gasteiger partial charge >= 0.3 is 0 Å². The fourth-order valence-corrected chi connectivity index (χ4v) is 2.88. The number of nitrogens with zero attached hydrogens (tertiary/aromatic N) is 3. The van der Waals surface area contributed by atoms with Crippen LogP contribution < -0.4 is 10.1 Å². The second-order valence-electron chi connectivity index (χ2n) is 6.45. The third kappa shape index (κ3) is 4.21. The lowest BCUT2D eigenvalue weighted by Crippen LogP contribution is -2.28. The van der Waals surface area contributed by atoms with E-state index in [0.717, 1.165) is 11.1 Å². The number of nitrogens with one attached hydrogen (secondary N) is 1. The first-order chi connectivity index (χ1) is 14.1. The van der Waals surface area contributed by atoms with E-state index in [0.29, 0.717) is 23.2 Å². The number of amides is 1. The van der Waals surface area contributed by atoms with Crippen molar-refractivity contribution in [1.82, 2.24) is 20.4 Å². The van der Waals surface area contributed by atoms with Gasteiger partial charge in [0.2, 0.25) is 5.88 Å². The standard InChI is InChI=1S/C21H17FN4O3/c1-13-3-2-4-14(9-13)10-23-17(27)11-28-20-18-19(15-5-7-16(22)8-6-15)26-29-21(18)25-12-24-20/h2-9,12H,10-11H2,1H3,(H,23,27). The van der Waals surface area contributed by atoms with Crippen molar-refractivity contribution < 1.29 is 18.4 Å². The van der Waals surface area contributed by atoms with E-state index in [2.05, 4.69) is 20.4 Å². The minimum atomic E-state index is -0.362. The molecule has 0 aliphatic carbocycles. The van der Waals surface area contributed by atoms with Crippen molar-refractivity contribution >= 4 is 17.0 Å². The molecular weight excluding hydrogens is 375 g/mol. The number of rotatable bonds is 6. The van der Waals surface area contributed by atoms with Crippen molar-refractivity contribution in [2.45, 2.75) is 13.5 Å². The molecule has 0 atom stereocenters. The van der Waals surface area contributed by atoms with E-state index in [1.807, 2.05) is 31.2 Å². The molecule has 0 unspecified atom stereocenters. The molecule has 1 amide bonds. The fraction of sp³-hybridized carbons (Fsp3) is 0.143. The first kappa shape index (κ1) is 18.5. The summed E-state index contributed by atoms with van der Waals surface area (Å²) in [6, 6.07) is 13.6. The van der Waals surface area contributed by atoms with Gasteiger partial charge in [0.1, 0.15) is 23.2 Å². The Bertz CT molecular complexity index is 1160. The van der Waals surface area contributed by atoms with Crippen LogP contribution in [0.5, 0.6) is 5.88 Å². The summed E-state index contributed by atoms with van der Waals surface area (Å²) in [5, 5.41) is 7.21. The molecule has 0 aliphatic heterocycles. The van der Waals surface area contributed by atoms with E-state index in [-0.39, 0.29) is 29.9 Å². The number of aryl methyl sites for hydroxylation is 1. The molecule has 0 aliphatic rings. The predicted molar refractivity (Wildman–Crippen MR) is 104 cm³/mol. The van der Waals surface area contributed by atoms with Crippen LogP contribution in [0, 0.1) is 12.7 Å². The summed E-state index contributed by atoms with van der Waals surface area (Å²) in [5.41, 5.74) is 3.37. The number of aromatic nitrogens is 3. The van der Waals surface area contributed by atoms with Crippen LogP contribution >= 0.6 is 0 Å². The average molecular weight is 392 g/mol. The zero-order valence-corrected chi connectivity index (χ0v) is 15.6. The predicted octanol–water partition coefficient (Wildman–Crippen LogP) is 3.43. The Labute approximate surface area is 165 Å². The van der Waals surface area contributed by atoms with Gasteiger partial charge in [-0.1, -0.05) is 35.0 Å². The molecule has 0 bridgehead atoms. The van der Waals surface area contributed by atoms with Gasteiger partial charge in [-0.3, -0.25) is 4.79 Å². The van der Waals surface area contributed by atoms with Gasteiger partial charge in [-0.05, 0) is 36.8 Å². The van der Waals surface area contributed by atoms with E-state index >= 15 is 0 Å². The van der Waals surface area contributed by atoms with Crippen LogP contribution in [-0.4, -0.2) is 27.6 Å². The maximum Gasteiger partial charge on any atom is 0.265 e. The molecule has 2 aromatic heterocycles. The van der Waals surface area contributed by atoms with Crippen LogP contribution in [0.1, 0.15) is 11.1 Å². The minimum absolute atomic E-state index is 0.168. The monoisotopic (exact) mass is 392 g/mol. The Hall–Kier alpha value is -3.81. The minimum Gasteiger partial charge on any atom is -0.467 e. The molecule has 29 heavy (non-hydrogen) atoms. The molecule has 7 nitrogen and oxygen atoms in total. The van der Waals surface area contributed by atoms with E-state index in [1.165, 1.54) is 18.5 Å². The third-order valence-electron chi connectivity index (χ3n) is 4.27. The third-order valence-corrected chi connectivity index (χ3v) is 4.27. The second kappa shape index (κ2) is 8.05. The first-order valence-corrected chi connectivity index (χ1v) is 8.91. The Morgan fingerprint density at radius 3 is 2.79 bits per heavy atom. The fourth-order valence-electron chi connectivity index (χ4n) is 2.88. The van der Waals surface area contributed by atoms with Crippen LogP contribution in [0.3, 0.4) is 0 Å². The number of carbonyl (C=O) groups is 1. The lowest BCUT2D eigenvalue weighted by molar-refractivity contribution is -0.123. The van der Waals surface area contributed by atoms with Gasteiger partial charge in [0, 0.05) is 12.1 Å². The Balaban J connectivity index is 1.48. The lowest BCUT2D eigenvalue weighted by Gasteiger charge is -2.08. The molecule has 4 rings (SSSR count). The van der Waals surface area contributed by atoms with Crippen molar-refractivity contribution in [3.63, 3.8) is 0 Å². The molecule has 146 valence electrons. The number of hydrogen-bond acceptors (Lipinski definition) is 6. The highest BCUT2D eigenvalue weighted by molar-refractivity contribution is 5.93. The molecule has 0 saturated heterocycles. The molecule has 2 heterocycles. The van der Waals surface area contributed by atoms with Crippen molar-refractivity contribution in [2.75, 3.05) is 6.61 Å². The van der Waals surface area contributed by atoms with E-state index in [1.54, 1.807) is 12.1 Å². The van der Waals surface area contributed by atoms with Gasteiger partial charge in [-0.25, -0.2) is 9.37 Å². The Morgan fingerprint density at radius 1 is 1.17 bits per heavy atom. The summed E-state index contributed by atoms with van der Waals surface area (Å²) in [6.45, 7) is 2.16. The molecular formula is C21H17FN4O3. The number of halogens is 1. The first-order valence-electron chi connectivity index (χ1n) is 8.91. The number of benzene rings is 2. The molecule has 4 aromatic rings. The molecule has 1 N–H and O–H groups in total. The van der Waals surface area contributed by atoms with Gasteiger partial charge in [-0.2, -0.15) is 4.98 Å². The van der Waals surface area contributed by atoms with Crippen molar-refractivity contribution in [1.29, 1.82) is 0 Å². The SMILES string of the molecule is Cc1cccc(CNC(=O)COc2ncnc3onc(-c4ccc(F)cc4)c23)c1. The zero-order valence-electron chi connectivity index (χ0n) is 15.6. The molecule has 2 aromatic carbocycles. The van der Waals surface area contributed by atoms with Gasteiger partial charge in [-0.15, -0.1) is 0 Å². The number of hydrogen-bond donors (Lipinski definition) is 1. The van der Waals surface area contributed by atoms with Crippen LogP contribution in [0.25, 0.3) is 22.4 Å². The molecule has 0 fully saturated rings. The summed E-state index contributed by atoms with van der Waals surface area (Å²) < 4.78 is 24.0. The quantitative estimate of drug-likeness (QED) is 0.541. The van der Waals surface area contributed by atoms with Crippen LogP contribution in [0.15, 0.2) is 59.4 Å². The summed E-state index contributed by atoms with van der Waals surface area (Å²) in [5.74, 6) is -0.487. The lowest BCUT2D eigenvalue weighted by atomic mass is 10.1. The zero-order chi connectivity index (χ0) is 20.2. The van der Waals surface area contributed by atoms with E-state index in [4.69, 9.17) is 9.26 Å². The molecule has 8 heteroatoms. The van der Waals surface area contributed by atoms with Crippen LogP contribution in [-0.2, 0) is 11.3 Å². The largest absolute Gasteiger partial charge is 0.467 e. The maximum atomic E-state index is 13.2. The van der Waals surface area contributed by atoms with Gasteiger partial charge in [0.05, 0.1) is 0 Å². The summed E-state index contributed by atoms with van der Waals surface area (Å²) in [7, 11) is 0. The second-order valence-corrected chi connectivity index (χ2v) is 6.45. The van der Waals surface area contributed by atoms with Gasteiger partial charge < -0.3 is 14.6 Å². The number of carbonyl (C=O) groups excluding carboxylic acids is 1. The van der Waals surface area contributed by atoms with Gasteiger partial charge in [0.15, 0.2) is 6.61 Å². The molecule has 0 saturated carbocycles. The van der Waals surface area contributed by atoms with Crippen molar-refractivity contribution in [3.05, 3.63) is 71.8 Å². The van der Waals surface area contributed by atoms with E-state index < -0.39 is 0 Å². The Morgan fingerprint density at radius 2 is 2.00 bits per heavy atom. The van der Waals surface area contributed by atoms with Crippen LogP contribution in [0.4, 0.5) is 4.39 Å². The van der Waals surface area contributed by atoms with Crippen LogP contribution in [0.2, 0.25) is 0 Å². The number of ether oxygens (including phenoxy) is 1. The van der Waals surface area contributed by atoms with Crippen molar-refractivity contribution in [3.8, 4) is 17.1 Å². The normalized spacial score (nSPS) is 10.8. The highest BCUT2D eigenvalue weighted by atomic mass is 19.1. The topological polar surface area (TPSA) is 90.1 Å². The van der Waals surface area contributed by atoms with Crippen molar-refractivity contribution in [2.24, 2.45) is 0 Å². The van der Waals surface area contributed by atoms with E-state index in [9.17, 15) is 9.18 Å². The Kier molecular flexibility index (Phi) is 5.15. The number of fused-ring (bicyclic) bond motifs is 1. The maximum absolute atomic E-state index is 13.2. The van der Waals surface area contributed by atoms with Gasteiger partial charge in [0.25, 0.3) is 11.6 Å². The molecule has 0 spiro atoms. The summed E-state index contributed by atoms with van der Waals surface area (Å²) >= 11 is 0. The highest BCUT2D eigenvalue weighted by Crippen LogP contribution is 2.32. The molecule has 0 radical (unpaired) electrons. The summed E-state index contributed by atoms with van der Waals surface area (Å²) in [6.07, 6.45) is 1.27.